The maximum absolute atomic E-state index is 13.1. The molecule has 144 valence electrons. The van der Waals surface area contributed by atoms with E-state index < -0.39 is 6.29 Å². The van der Waals surface area contributed by atoms with Crippen LogP contribution in [0.25, 0.3) is 0 Å². The van der Waals surface area contributed by atoms with E-state index in [9.17, 15) is 4.79 Å². The second kappa shape index (κ2) is 7.84. The first-order valence-corrected chi connectivity index (χ1v) is 9.74. The summed E-state index contributed by atoms with van der Waals surface area (Å²) in [5, 5.41) is 0.689. The minimum absolute atomic E-state index is 0.0166. The van der Waals surface area contributed by atoms with Gasteiger partial charge in [0.1, 0.15) is 21.4 Å². The highest BCUT2D eigenvalue weighted by molar-refractivity contribution is 7.13. The van der Waals surface area contributed by atoms with Crippen molar-refractivity contribution in [2.24, 2.45) is 0 Å². The molecule has 0 bridgehead atoms. The van der Waals surface area contributed by atoms with E-state index in [1.165, 1.54) is 11.3 Å². The van der Waals surface area contributed by atoms with Crippen molar-refractivity contribution in [3.05, 3.63) is 39.8 Å². The van der Waals surface area contributed by atoms with E-state index in [1.807, 2.05) is 23.1 Å². The molecule has 1 aromatic carbocycles. The van der Waals surface area contributed by atoms with Gasteiger partial charge in [-0.2, -0.15) is 0 Å². The SMILES string of the molecule is COc1ccc(C2CCCN2C(=O)c2cnc(C3OCCO3)s2)c(OC)c1. The van der Waals surface area contributed by atoms with Crippen LogP contribution in [0.5, 0.6) is 11.5 Å². The van der Waals surface area contributed by atoms with Crippen molar-refractivity contribution in [2.45, 2.75) is 25.2 Å². The number of carbonyl (C=O) groups excluding carboxylic acids is 1. The molecule has 4 rings (SSSR count). The van der Waals surface area contributed by atoms with Crippen molar-refractivity contribution in [2.75, 3.05) is 34.0 Å². The number of ether oxygens (including phenoxy) is 4. The van der Waals surface area contributed by atoms with Crippen LogP contribution in [-0.2, 0) is 9.47 Å². The fourth-order valence-electron chi connectivity index (χ4n) is 3.56. The molecule has 8 heteroatoms. The number of benzene rings is 1. The normalized spacial score (nSPS) is 20.2. The standard InChI is InChI=1S/C19H22N2O5S/c1-23-12-5-6-13(15(10-12)24-2)14-4-3-7-21(14)18(22)16-11-20-17(27-16)19-25-8-9-26-19/h5-6,10-11,14,19H,3-4,7-9H2,1-2H3. The molecular weight excluding hydrogens is 368 g/mol. The average molecular weight is 390 g/mol. The summed E-state index contributed by atoms with van der Waals surface area (Å²) in [6.45, 7) is 1.82. The Bertz CT molecular complexity index is 818. The molecule has 27 heavy (non-hydrogen) atoms. The van der Waals surface area contributed by atoms with Gasteiger partial charge in [-0.1, -0.05) is 0 Å². The Balaban J connectivity index is 1.57. The quantitative estimate of drug-likeness (QED) is 0.781. The molecule has 2 aromatic rings. The molecule has 0 aliphatic carbocycles. The number of methoxy groups -OCH3 is 2. The first-order chi connectivity index (χ1) is 13.2. The van der Waals surface area contributed by atoms with Gasteiger partial charge in [-0.05, 0) is 25.0 Å². The minimum atomic E-state index is -0.451. The molecule has 2 fully saturated rings. The molecule has 2 aliphatic rings. The van der Waals surface area contributed by atoms with Gasteiger partial charge in [0.25, 0.3) is 5.91 Å². The predicted molar refractivity (Wildman–Crippen MR) is 99.3 cm³/mol. The van der Waals surface area contributed by atoms with Crippen molar-refractivity contribution in [3.63, 3.8) is 0 Å². The molecule has 1 amide bonds. The van der Waals surface area contributed by atoms with Gasteiger partial charge in [-0.3, -0.25) is 4.79 Å². The second-order valence-electron chi connectivity index (χ2n) is 6.40. The Morgan fingerprint density at radius 1 is 1.26 bits per heavy atom. The number of hydrogen-bond donors (Lipinski definition) is 0. The number of aromatic nitrogens is 1. The Morgan fingerprint density at radius 2 is 2.07 bits per heavy atom. The first-order valence-electron chi connectivity index (χ1n) is 8.93. The Morgan fingerprint density at radius 3 is 2.81 bits per heavy atom. The van der Waals surface area contributed by atoms with Crippen LogP contribution in [0.4, 0.5) is 0 Å². The van der Waals surface area contributed by atoms with Crippen LogP contribution >= 0.6 is 11.3 Å². The van der Waals surface area contributed by atoms with Crippen LogP contribution in [0.2, 0.25) is 0 Å². The van der Waals surface area contributed by atoms with Crippen molar-refractivity contribution in [1.82, 2.24) is 9.88 Å². The number of thiazole rings is 1. The van der Waals surface area contributed by atoms with E-state index >= 15 is 0 Å². The van der Waals surface area contributed by atoms with E-state index in [4.69, 9.17) is 18.9 Å². The Kier molecular flexibility index (Phi) is 5.29. The first kappa shape index (κ1) is 18.2. The molecule has 1 unspecified atom stereocenters. The van der Waals surface area contributed by atoms with Crippen molar-refractivity contribution in [1.29, 1.82) is 0 Å². The summed E-state index contributed by atoms with van der Waals surface area (Å²) in [6.07, 6.45) is 3.02. The van der Waals surface area contributed by atoms with E-state index in [1.54, 1.807) is 20.4 Å². The molecule has 0 saturated carbocycles. The van der Waals surface area contributed by atoms with Crippen molar-refractivity contribution in [3.8, 4) is 11.5 Å². The third-order valence-electron chi connectivity index (χ3n) is 4.87. The summed E-state index contributed by atoms with van der Waals surface area (Å²) in [7, 11) is 3.26. The summed E-state index contributed by atoms with van der Waals surface area (Å²) < 4.78 is 21.8. The Hall–Kier alpha value is -2.16. The van der Waals surface area contributed by atoms with E-state index in [-0.39, 0.29) is 11.9 Å². The van der Waals surface area contributed by atoms with Crippen LogP contribution < -0.4 is 9.47 Å². The van der Waals surface area contributed by atoms with Gasteiger partial charge >= 0.3 is 0 Å². The monoisotopic (exact) mass is 390 g/mol. The summed E-state index contributed by atoms with van der Waals surface area (Å²) in [4.78, 5) is 20.0. The third-order valence-corrected chi connectivity index (χ3v) is 5.88. The third kappa shape index (κ3) is 3.52. The largest absolute Gasteiger partial charge is 0.497 e. The molecule has 2 aliphatic heterocycles. The molecule has 0 spiro atoms. The highest BCUT2D eigenvalue weighted by atomic mass is 32.1. The summed E-state index contributed by atoms with van der Waals surface area (Å²) in [5.74, 6) is 1.45. The maximum atomic E-state index is 13.1. The van der Waals surface area contributed by atoms with Gasteiger partial charge in [-0.15, -0.1) is 11.3 Å². The molecule has 0 radical (unpaired) electrons. The van der Waals surface area contributed by atoms with Crippen LogP contribution in [0.15, 0.2) is 24.4 Å². The minimum Gasteiger partial charge on any atom is -0.497 e. The molecule has 1 aromatic heterocycles. The molecule has 3 heterocycles. The van der Waals surface area contributed by atoms with Crippen LogP contribution in [0, 0.1) is 0 Å². The molecular formula is C19H22N2O5S. The van der Waals surface area contributed by atoms with E-state index in [0.29, 0.717) is 29.6 Å². The summed E-state index contributed by atoms with van der Waals surface area (Å²) in [6, 6.07) is 5.71. The second-order valence-corrected chi connectivity index (χ2v) is 7.46. The highest BCUT2D eigenvalue weighted by Gasteiger charge is 2.34. The lowest BCUT2D eigenvalue weighted by molar-refractivity contribution is -0.0442. The summed E-state index contributed by atoms with van der Waals surface area (Å²) in [5.41, 5.74) is 0.997. The molecule has 2 saturated heterocycles. The Labute approximate surface area is 161 Å². The van der Waals surface area contributed by atoms with Crippen LogP contribution in [0.3, 0.4) is 0 Å². The smallest absolute Gasteiger partial charge is 0.266 e. The fourth-order valence-corrected chi connectivity index (χ4v) is 4.44. The molecule has 0 N–H and O–H groups in total. The van der Waals surface area contributed by atoms with Crippen LogP contribution in [-0.4, -0.2) is 49.8 Å². The van der Waals surface area contributed by atoms with Gasteiger partial charge in [0, 0.05) is 18.2 Å². The zero-order valence-corrected chi connectivity index (χ0v) is 16.2. The molecule has 1 atom stereocenters. The number of amides is 1. The van der Waals surface area contributed by atoms with E-state index in [0.717, 1.165) is 29.9 Å². The topological polar surface area (TPSA) is 70.1 Å². The number of rotatable bonds is 5. The number of nitrogens with zero attached hydrogens (tertiary/aromatic N) is 2. The number of hydrogen-bond acceptors (Lipinski definition) is 7. The van der Waals surface area contributed by atoms with Crippen molar-refractivity contribution < 1.29 is 23.7 Å². The maximum Gasteiger partial charge on any atom is 0.266 e. The van der Waals surface area contributed by atoms with Gasteiger partial charge in [0.2, 0.25) is 6.29 Å². The fraction of sp³-hybridized carbons (Fsp3) is 0.474. The predicted octanol–water partition coefficient (Wildman–Crippen LogP) is 3.18. The molecule has 7 nitrogen and oxygen atoms in total. The average Bonchev–Trinajstić information content (AvgIpc) is 3.47. The number of likely N-dealkylation sites (tertiary alicyclic amines) is 1. The lowest BCUT2D eigenvalue weighted by Gasteiger charge is -2.26. The van der Waals surface area contributed by atoms with Gasteiger partial charge < -0.3 is 23.8 Å². The van der Waals surface area contributed by atoms with Crippen LogP contribution in [0.1, 0.15) is 45.4 Å². The highest BCUT2D eigenvalue weighted by Crippen LogP contribution is 2.40. The zero-order chi connectivity index (χ0) is 18.8. The van der Waals surface area contributed by atoms with Crippen molar-refractivity contribution >= 4 is 17.2 Å². The number of carbonyl (C=O) groups is 1. The van der Waals surface area contributed by atoms with Gasteiger partial charge in [0.05, 0.1) is 39.7 Å². The van der Waals surface area contributed by atoms with E-state index in [2.05, 4.69) is 4.98 Å². The lowest BCUT2D eigenvalue weighted by Crippen LogP contribution is -2.30. The van der Waals surface area contributed by atoms with Gasteiger partial charge in [-0.25, -0.2) is 4.98 Å². The zero-order valence-electron chi connectivity index (χ0n) is 15.3. The lowest BCUT2D eigenvalue weighted by atomic mass is 10.0. The summed E-state index contributed by atoms with van der Waals surface area (Å²) >= 11 is 1.33. The van der Waals surface area contributed by atoms with Gasteiger partial charge in [0.15, 0.2) is 0 Å².